The average Bonchev–Trinajstić information content (AvgIpc) is 2.64. The molecule has 0 spiro atoms. The SMILES string of the molecule is CCCC1CCc2c(ccc3c(F)cccc23)C1c1ccc(Cl)c(F)c1. The van der Waals surface area contributed by atoms with Crippen molar-refractivity contribution in [3.8, 4) is 0 Å². The maximum Gasteiger partial charge on any atom is 0.142 e. The highest BCUT2D eigenvalue weighted by atomic mass is 35.5. The van der Waals surface area contributed by atoms with Crippen LogP contribution in [0.2, 0.25) is 5.02 Å². The van der Waals surface area contributed by atoms with Gasteiger partial charge in [0.05, 0.1) is 5.02 Å². The van der Waals surface area contributed by atoms with E-state index in [2.05, 4.69) is 6.92 Å². The summed E-state index contributed by atoms with van der Waals surface area (Å²) in [6.45, 7) is 2.19. The lowest BCUT2D eigenvalue weighted by atomic mass is 9.69. The third-order valence-corrected chi connectivity index (χ3v) is 6.00. The second-order valence-corrected chi connectivity index (χ2v) is 7.61. The van der Waals surface area contributed by atoms with Crippen LogP contribution < -0.4 is 0 Å². The summed E-state index contributed by atoms with van der Waals surface area (Å²) in [5.41, 5.74) is 3.37. The molecule has 0 radical (unpaired) electrons. The van der Waals surface area contributed by atoms with E-state index < -0.39 is 0 Å². The first-order valence-corrected chi connectivity index (χ1v) is 9.63. The maximum absolute atomic E-state index is 14.2. The third-order valence-electron chi connectivity index (χ3n) is 5.69. The van der Waals surface area contributed by atoms with Crippen molar-refractivity contribution in [2.75, 3.05) is 0 Å². The Morgan fingerprint density at radius 2 is 1.85 bits per heavy atom. The first-order valence-electron chi connectivity index (χ1n) is 9.25. The zero-order valence-electron chi connectivity index (χ0n) is 14.7. The zero-order chi connectivity index (χ0) is 18.3. The molecule has 0 bridgehead atoms. The van der Waals surface area contributed by atoms with E-state index in [0.29, 0.717) is 11.3 Å². The summed E-state index contributed by atoms with van der Waals surface area (Å²) in [6, 6.07) is 14.3. The van der Waals surface area contributed by atoms with E-state index in [1.807, 2.05) is 24.3 Å². The standard InChI is InChI=1S/C23H21ClF2/c1-2-4-14-7-9-17-16-5-3-6-21(25)18(16)10-11-19(17)23(14)15-8-12-20(24)22(26)13-15/h3,5-6,8,10-14,23H,2,4,7,9H2,1H3. The van der Waals surface area contributed by atoms with E-state index in [4.69, 9.17) is 11.6 Å². The average molecular weight is 371 g/mol. The Morgan fingerprint density at radius 1 is 1.00 bits per heavy atom. The zero-order valence-corrected chi connectivity index (χ0v) is 15.5. The minimum atomic E-state index is -0.377. The molecule has 3 aromatic rings. The third kappa shape index (κ3) is 2.91. The molecule has 0 amide bonds. The fourth-order valence-corrected chi connectivity index (χ4v) is 4.68. The smallest absolute Gasteiger partial charge is 0.142 e. The summed E-state index contributed by atoms with van der Waals surface area (Å²) >= 11 is 5.90. The number of benzene rings is 3. The topological polar surface area (TPSA) is 0 Å². The first kappa shape index (κ1) is 17.5. The molecule has 3 aromatic carbocycles. The minimum Gasteiger partial charge on any atom is -0.206 e. The Bertz CT molecular complexity index is 964. The molecule has 0 aromatic heterocycles. The number of aryl methyl sites for hydroxylation is 1. The second kappa shape index (κ2) is 7.00. The van der Waals surface area contributed by atoms with Crippen LogP contribution in [0.5, 0.6) is 0 Å². The van der Waals surface area contributed by atoms with Gasteiger partial charge in [-0.15, -0.1) is 0 Å². The predicted octanol–water partition coefficient (Wildman–Crippen LogP) is 7.27. The Morgan fingerprint density at radius 3 is 2.62 bits per heavy atom. The van der Waals surface area contributed by atoms with E-state index in [1.54, 1.807) is 18.2 Å². The van der Waals surface area contributed by atoms with Gasteiger partial charge in [-0.1, -0.05) is 55.3 Å². The molecule has 2 unspecified atom stereocenters. The Kier molecular flexibility index (Phi) is 4.71. The van der Waals surface area contributed by atoms with Crippen LogP contribution in [0.4, 0.5) is 8.78 Å². The second-order valence-electron chi connectivity index (χ2n) is 7.21. The number of hydrogen-bond donors (Lipinski definition) is 0. The van der Waals surface area contributed by atoms with Crippen molar-refractivity contribution in [2.24, 2.45) is 5.92 Å². The van der Waals surface area contributed by atoms with Crippen molar-refractivity contribution in [3.63, 3.8) is 0 Å². The Labute approximate surface area is 157 Å². The first-order chi connectivity index (χ1) is 12.6. The molecule has 1 aliphatic rings. The fourth-order valence-electron chi connectivity index (χ4n) is 4.56. The Hall–Kier alpha value is -1.93. The van der Waals surface area contributed by atoms with Crippen LogP contribution >= 0.6 is 11.6 Å². The quantitative estimate of drug-likeness (QED) is 0.455. The van der Waals surface area contributed by atoms with E-state index in [1.165, 1.54) is 17.2 Å². The van der Waals surface area contributed by atoms with Crippen LogP contribution in [0.15, 0.2) is 48.5 Å². The summed E-state index contributed by atoms with van der Waals surface area (Å²) in [7, 11) is 0. The molecule has 0 fully saturated rings. The largest absolute Gasteiger partial charge is 0.206 e. The fraction of sp³-hybridized carbons (Fsp3) is 0.304. The van der Waals surface area contributed by atoms with E-state index in [0.717, 1.165) is 36.6 Å². The summed E-state index contributed by atoms with van der Waals surface area (Å²) < 4.78 is 28.4. The lowest BCUT2D eigenvalue weighted by molar-refractivity contribution is 0.379. The van der Waals surface area contributed by atoms with Crippen LogP contribution in [0.25, 0.3) is 10.8 Å². The number of rotatable bonds is 3. The van der Waals surface area contributed by atoms with Gasteiger partial charge < -0.3 is 0 Å². The molecule has 3 heteroatoms. The highest BCUT2D eigenvalue weighted by Gasteiger charge is 2.31. The molecule has 26 heavy (non-hydrogen) atoms. The van der Waals surface area contributed by atoms with Crippen molar-refractivity contribution < 1.29 is 8.78 Å². The molecule has 0 nitrogen and oxygen atoms in total. The minimum absolute atomic E-state index is 0.123. The van der Waals surface area contributed by atoms with Crippen molar-refractivity contribution in [1.82, 2.24) is 0 Å². The van der Waals surface area contributed by atoms with Crippen LogP contribution in [-0.2, 0) is 6.42 Å². The van der Waals surface area contributed by atoms with Crippen molar-refractivity contribution >= 4 is 22.4 Å². The molecule has 134 valence electrons. The van der Waals surface area contributed by atoms with E-state index >= 15 is 0 Å². The molecule has 2 atom stereocenters. The molecule has 0 saturated carbocycles. The van der Waals surface area contributed by atoms with Crippen LogP contribution in [0.3, 0.4) is 0 Å². The summed E-state index contributed by atoms with van der Waals surface area (Å²) in [5, 5.41) is 1.80. The van der Waals surface area contributed by atoms with Crippen molar-refractivity contribution in [1.29, 1.82) is 0 Å². The van der Waals surface area contributed by atoms with Gasteiger partial charge in [-0.3, -0.25) is 0 Å². The highest BCUT2D eigenvalue weighted by molar-refractivity contribution is 6.30. The lowest BCUT2D eigenvalue weighted by Gasteiger charge is -2.35. The van der Waals surface area contributed by atoms with Gasteiger partial charge >= 0.3 is 0 Å². The van der Waals surface area contributed by atoms with Gasteiger partial charge in [-0.05, 0) is 65.5 Å². The summed E-state index contributed by atoms with van der Waals surface area (Å²) in [4.78, 5) is 0. The van der Waals surface area contributed by atoms with Gasteiger partial charge in [-0.2, -0.15) is 0 Å². The monoisotopic (exact) mass is 370 g/mol. The summed E-state index contributed by atoms with van der Waals surface area (Å²) in [5.74, 6) is 0.0191. The van der Waals surface area contributed by atoms with Gasteiger partial charge in [0.25, 0.3) is 0 Å². The van der Waals surface area contributed by atoms with Gasteiger partial charge in [-0.25, -0.2) is 8.78 Å². The maximum atomic E-state index is 14.2. The Balaban J connectivity index is 1.92. The van der Waals surface area contributed by atoms with Gasteiger partial charge in [0.15, 0.2) is 0 Å². The number of hydrogen-bond acceptors (Lipinski definition) is 0. The molecule has 1 aliphatic carbocycles. The van der Waals surface area contributed by atoms with Crippen molar-refractivity contribution in [2.45, 2.75) is 38.5 Å². The van der Waals surface area contributed by atoms with Gasteiger partial charge in [0.2, 0.25) is 0 Å². The van der Waals surface area contributed by atoms with Gasteiger partial charge in [0.1, 0.15) is 11.6 Å². The lowest BCUT2D eigenvalue weighted by Crippen LogP contribution is -2.22. The van der Waals surface area contributed by atoms with E-state index in [9.17, 15) is 8.78 Å². The van der Waals surface area contributed by atoms with Gasteiger partial charge in [0, 0.05) is 11.3 Å². The highest BCUT2D eigenvalue weighted by Crippen LogP contribution is 2.45. The van der Waals surface area contributed by atoms with Crippen LogP contribution in [0.1, 0.15) is 48.8 Å². The number of halogens is 3. The molecular formula is C23H21ClF2. The normalized spacial score (nSPS) is 19.5. The molecule has 0 heterocycles. The van der Waals surface area contributed by atoms with Crippen LogP contribution in [0, 0.1) is 17.6 Å². The molecule has 4 rings (SSSR count). The molecule has 0 aliphatic heterocycles. The van der Waals surface area contributed by atoms with Crippen molar-refractivity contribution in [3.05, 3.63) is 81.9 Å². The number of fused-ring (bicyclic) bond motifs is 3. The molecule has 0 N–H and O–H groups in total. The van der Waals surface area contributed by atoms with Crippen LogP contribution in [-0.4, -0.2) is 0 Å². The summed E-state index contributed by atoms with van der Waals surface area (Å²) in [6.07, 6.45) is 4.16. The van der Waals surface area contributed by atoms with E-state index in [-0.39, 0.29) is 22.6 Å². The molecule has 0 saturated heterocycles. The predicted molar refractivity (Wildman–Crippen MR) is 104 cm³/mol. The molecular weight excluding hydrogens is 350 g/mol.